The number of rotatable bonds is 4. The standard InChI is InChI=1S/C24H27NO2S/c1-18-10-12-23(13-11-18)28(26,27)24-14-19(2)20(3)15-25(16-21(24)4)17-22-8-6-5-7-9-22/h5-13,24H,2-4,14-17H2,1H3. The van der Waals surface area contributed by atoms with Crippen LogP contribution >= 0.6 is 0 Å². The van der Waals surface area contributed by atoms with Gasteiger partial charge in [0.1, 0.15) is 0 Å². The van der Waals surface area contributed by atoms with Gasteiger partial charge < -0.3 is 0 Å². The van der Waals surface area contributed by atoms with Crippen molar-refractivity contribution in [3.05, 3.63) is 102 Å². The molecule has 0 aromatic heterocycles. The van der Waals surface area contributed by atoms with Crippen LogP contribution in [0.25, 0.3) is 0 Å². The first-order chi connectivity index (χ1) is 13.3. The predicted molar refractivity (Wildman–Crippen MR) is 116 cm³/mol. The highest BCUT2D eigenvalue weighted by molar-refractivity contribution is 7.92. The van der Waals surface area contributed by atoms with Gasteiger partial charge in [0.05, 0.1) is 10.1 Å². The molecule has 3 rings (SSSR count). The maximum Gasteiger partial charge on any atom is 0.185 e. The second-order valence-corrected chi connectivity index (χ2v) is 9.68. The summed E-state index contributed by atoms with van der Waals surface area (Å²) >= 11 is 0. The summed E-state index contributed by atoms with van der Waals surface area (Å²) < 4.78 is 26.7. The molecule has 0 radical (unpaired) electrons. The minimum absolute atomic E-state index is 0.331. The van der Waals surface area contributed by atoms with E-state index >= 15 is 0 Å². The maximum absolute atomic E-state index is 13.3. The van der Waals surface area contributed by atoms with E-state index < -0.39 is 15.1 Å². The fourth-order valence-electron chi connectivity index (χ4n) is 3.51. The Morgan fingerprint density at radius 1 is 0.929 bits per heavy atom. The molecule has 28 heavy (non-hydrogen) atoms. The molecular formula is C24H27NO2S. The normalized spacial score (nSPS) is 19.3. The Bertz CT molecular complexity index is 989. The molecule has 0 N–H and O–H groups in total. The minimum atomic E-state index is -3.55. The van der Waals surface area contributed by atoms with Crippen molar-refractivity contribution in [2.24, 2.45) is 0 Å². The summed E-state index contributed by atoms with van der Waals surface area (Å²) in [6.07, 6.45) is 0.340. The Hall–Kier alpha value is -2.43. The molecule has 2 aromatic rings. The summed E-state index contributed by atoms with van der Waals surface area (Å²) in [7, 11) is -3.55. The van der Waals surface area contributed by atoms with Gasteiger partial charge in [0, 0.05) is 19.6 Å². The van der Waals surface area contributed by atoms with E-state index in [9.17, 15) is 8.42 Å². The van der Waals surface area contributed by atoms with E-state index in [1.165, 1.54) is 5.56 Å². The van der Waals surface area contributed by atoms with Crippen LogP contribution in [0, 0.1) is 6.92 Å². The Balaban J connectivity index is 1.90. The van der Waals surface area contributed by atoms with Crippen LogP contribution in [0.15, 0.2) is 95.9 Å². The molecule has 1 heterocycles. The highest BCUT2D eigenvalue weighted by atomic mass is 32.2. The van der Waals surface area contributed by atoms with Crippen molar-refractivity contribution in [2.45, 2.75) is 30.0 Å². The number of hydrogen-bond donors (Lipinski definition) is 0. The van der Waals surface area contributed by atoms with Crippen LogP contribution in [-0.2, 0) is 16.4 Å². The number of likely N-dealkylation sites (tertiary alicyclic amines) is 1. The van der Waals surface area contributed by atoms with Crippen LogP contribution in [-0.4, -0.2) is 31.7 Å². The third-order valence-corrected chi connectivity index (χ3v) is 7.38. The van der Waals surface area contributed by atoms with Crippen molar-refractivity contribution in [1.82, 2.24) is 4.90 Å². The molecule has 3 nitrogen and oxygen atoms in total. The van der Waals surface area contributed by atoms with E-state index in [1.54, 1.807) is 12.1 Å². The topological polar surface area (TPSA) is 37.4 Å². The lowest BCUT2D eigenvalue weighted by Crippen LogP contribution is -2.36. The van der Waals surface area contributed by atoms with Crippen LogP contribution in [0.3, 0.4) is 0 Å². The number of aryl methyl sites for hydroxylation is 1. The Labute approximate surface area is 168 Å². The van der Waals surface area contributed by atoms with Crippen molar-refractivity contribution < 1.29 is 8.42 Å². The Morgan fingerprint density at radius 3 is 2.21 bits per heavy atom. The second kappa shape index (κ2) is 8.29. The molecule has 1 unspecified atom stereocenters. The number of sulfone groups is 1. The predicted octanol–water partition coefficient (Wildman–Crippen LogP) is 4.71. The van der Waals surface area contributed by atoms with E-state index in [0.29, 0.717) is 36.5 Å². The fourth-order valence-corrected chi connectivity index (χ4v) is 5.29. The van der Waals surface area contributed by atoms with Crippen molar-refractivity contribution >= 4 is 9.84 Å². The molecule has 1 saturated heterocycles. The van der Waals surface area contributed by atoms with E-state index in [4.69, 9.17) is 0 Å². The smallest absolute Gasteiger partial charge is 0.185 e. The van der Waals surface area contributed by atoms with Gasteiger partial charge in [-0.1, -0.05) is 67.8 Å². The molecule has 0 amide bonds. The van der Waals surface area contributed by atoms with E-state index in [0.717, 1.165) is 16.7 Å². The lowest BCUT2D eigenvalue weighted by Gasteiger charge is -2.32. The van der Waals surface area contributed by atoms with Crippen LogP contribution in [0.1, 0.15) is 17.5 Å². The number of hydrogen-bond acceptors (Lipinski definition) is 3. The molecule has 0 bridgehead atoms. The molecule has 1 aliphatic rings. The van der Waals surface area contributed by atoms with Crippen LogP contribution in [0.2, 0.25) is 0 Å². The first-order valence-electron chi connectivity index (χ1n) is 9.38. The highest BCUT2D eigenvalue weighted by Gasteiger charge is 2.33. The Morgan fingerprint density at radius 2 is 1.57 bits per heavy atom. The zero-order valence-electron chi connectivity index (χ0n) is 16.4. The van der Waals surface area contributed by atoms with Gasteiger partial charge in [-0.15, -0.1) is 0 Å². The van der Waals surface area contributed by atoms with Gasteiger partial charge in [-0.2, -0.15) is 0 Å². The molecule has 146 valence electrons. The first kappa shape index (κ1) is 20.3. The number of nitrogens with zero attached hydrogens (tertiary/aromatic N) is 1. The van der Waals surface area contributed by atoms with Crippen LogP contribution in [0.5, 0.6) is 0 Å². The van der Waals surface area contributed by atoms with E-state index in [2.05, 4.69) is 36.8 Å². The average Bonchev–Trinajstić information content (AvgIpc) is 2.65. The van der Waals surface area contributed by atoms with Crippen molar-refractivity contribution in [3.63, 3.8) is 0 Å². The highest BCUT2D eigenvalue weighted by Crippen LogP contribution is 2.31. The molecule has 0 saturated carbocycles. The summed E-state index contributed by atoms with van der Waals surface area (Å²) in [5, 5.41) is -0.696. The molecule has 1 aliphatic heterocycles. The van der Waals surface area contributed by atoms with Gasteiger partial charge in [-0.3, -0.25) is 4.90 Å². The SMILES string of the molecule is C=C1CC(S(=O)(=O)c2ccc(C)cc2)C(=C)CN(Cc2ccccc2)CC1=C. The zero-order valence-corrected chi connectivity index (χ0v) is 17.2. The lowest BCUT2D eigenvalue weighted by atomic mass is 9.97. The molecular weight excluding hydrogens is 366 g/mol. The fraction of sp³-hybridized carbons (Fsp3) is 0.250. The van der Waals surface area contributed by atoms with Crippen molar-refractivity contribution in [1.29, 1.82) is 0 Å². The summed E-state index contributed by atoms with van der Waals surface area (Å²) in [6, 6.07) is 17.1. The van der Waals surface area contributed by atoms with Gasteiger partial charge in [-0.25, -0.2) is 8.42 Å². The third kappa shape index (κ3) is 4.51. The monoisotopic (exact) mass is 393 g/mol. The molecule has 0 aliphatic carbocycles. The van der Waals surface area contributed by atoms with Crippen molar-refractivity contribution in [2.75, 3.05) is 13.1 Å². The Kier molecular flexibility index (Phi) is 6.01. The molecule has 1 fully saturated rings. The third-order valence-electron chi connectivity index (χ3n) is 5.20. The molecule has 0 spiro atoms. The van der Waals surface area contributed by atoms with Crippen LogP contribution in [0.4, 0.5) is 0 Å². The minimum Gasteiger partial charge on any atom is -0.291 e. The lowest BCUT2D eigenvalue weighted by molar-refractivity contribution is 0.307. The quantitative estimate of drug-likeness (QED) is 0.706. The molecule has 4 heteroatoms. The van der Waals surface area contributed by atoms with Gasteiger partial charge in [0.25, 0.3) is 0 Å². The van der Waals surface area contributed by atoms with Gasteiger partial charge in [0.15, 0.2) is 9.84 Å². The van der Waals surface area contributed by atoms with Gasteiger partial charge >= 0.3 is 0 Å². The second-order valence-electron chi connectivity index (χ2n) is 7.55. The first-order valence-corrected chi connectivity index (χ1v) is 10.9. The largest absolute Gasteiger partial charge is 0.291 e. The summed E-state index contributed by atoms with van der Waals surface area (Å²) in [5.74, 6) is 0. The zero-order chi connectivity index (χ0) is 20.3. The summed E-state index contributed by atoms with van der Waals surface area (Å²) in [4.78, 5) is 2.51. The van der Waals surface area contributed by atoms with E-state index in [1.807, 2.05) is 37.3 Å². The molecule has 2 aromatic carbocycles. The van der Waals surface area contributed by atoms with Crippen LogP contribution < -0.4 is 0 Å². The molecule has 1 atom stereocenters. The number of benzene rings is 2. The van der Waals surface area contributed by atoms with Gasteiger partial charge in [0.2, 0.25) is 0 Å². The average molecular weight is 394 g/mol. The maximum atomic E-state index is 13.3. The van der Waals surface area contributed by atoms with E-state index in [-0.39, 0.29) is 0 Å². The van der Waals surface area contributed by atoms with Gasteiger partial charge in [-0.05, 0) is 47.8 Å². The summed E-state index contributed by atoms with van der Waals surface area (Å²) in [6.45, 7) is 16.3. The summed E-state index contributed by atoms with van der Waals surface area (Å²) in [5.41, 5.74) is 4.56. The van der Waals surface area contributed by atoms with Crippen molar-refractivity contribution in [3.8, 4) is 0 Å².